The highest BCUT2D eigenvalue weighted by Crippen LogP contribution is 2.29. The number of amides is 2. The molecule has 0 fully saturated rings. The molecule has 2 amide bonds. The van der Waals surface area contributed by atoms with Crippen molar-refractivity contribution in [1.82, 2.24) is 15.5 Å². The molecule has 7 nitrogen and oxygen atoms in total. The first-order chi connectivity index (χ1) is 15.6. The molecule has 1 heterocycles. The highest BCUT2D eigenvalue weighted by atomic mass is 16.5. The molecule has 1 aromatic heterocycles. The summed E-state index contributed by atoms with van der Waals surface area (Å²) in [5, 5.41) is 15.0. The lowest BCUT2D eigenvalue weighted by molar-refractivity contribution is -0.124. The predicted octanol–water partition coefficient (Wildman–Crippen LogP) is 4.10. The fraction of sp³-hybridized carbons (Fsp3) is 0.0800. The van der Waals surface area contributed by atoms with Gasteiger partial charge in [-0.3, -0.25) is 14.8 Å². The predicted molar refractivity (Wildman–Crippen MR) is 126 cm³/mol. The molecule has 4 rings (SSSR count). The molecular weight excluding hydrogens is 404 g/mol. The topological polar surface area (TPSA) is 95.7 Å². The molecule has 0 atom stereocenters. The number of benzene rings is 3. The van der Waals surface area contributed by atoms with Gasteiger partial charge < -0.3 is 4.57 Å². The fourth-order valence-corrected chi connectivity index (χ4v) is 3.72. The smallest absolute Gasteiger partial charge is 0.271 e. The monoisotopic (exact) mass is 426 g/mol. The van der Waals surface area contributed by atoms with Crippen molar-refractivity contribution in [3.8, 4) is 0 Å². The maximum Gasteiger partial charge on any atom is 0.271 e. The van der Waals surface area contributed by atoms with E-state index in [0.717, 1.165) is 23.0 Å². The fourth-order valence-electron chi connectivity index (χ4n) is 3.72. The maximum absolute atomic E-state index is 12.4. The first-order valence-corrected chi connectivity index (χ1v) is 10.2. The third-order valence-corrected chi connectivity index (χ3v) is 5.18. The Balaban J connectivity index is 1.52. The van der Waals surface area contributed by atoms with Gasteiger partial charge >= 0.3 is 0 Å². The van der Waals surface area contributed by atoms with Gasteiger partial charge in [-0.25, -0.2) is 10.9 Å². The SMILES string of the molecule is CCn1c2ccccc2c2cc(/C=N\NC(=O)c3cccc(/C=C/C(=O)NO)c3)ccc21. The molecule has 4 aromatic rings. The average molecular weight is 426 g/mol. The number of aryl methyl sites for hydroxylation is 1. The zero-order valence-electron chi connectivity index (χ0n) is 17.4. The normalized spacial score (nSPS) is 11.6. The number of carbonyl (C=O) groups excluding carboxylic acids is 2. The summed E-state index contributed by atoms with van der Waals surface area (Å²) in [4.78, 5) is 23.5. The van der Waals surface area contributed by atoms with Gasteiger partial charge in [0.25, 0.3) is 11.8 Å². The number of nitrogens with one attached hydrogen (secondary N) is 2. The number of hydrogen-bond donors (Lipinski definition) is 3. The van der Waals surface area contributed by atoms with Crippen molar-refractivity contribution in [2.45, 2.75) is 13.5 Å². The first-order valence-electron chi connectivity index (χ1n) is 10.2. The summed E-state index contributed by atoms with van der Waals surface area (Å²) in [7, 11) is 0. The molecule has 0 aliphatic heterocycles. The zero-order chi connectivity index (χ0) is 22.5. The van der Waals surface area contributed by atoms with Crippen molar-refractivity contribution >= 4 is 45.9 Å². The minimum atomic E-state index is -0.650. The largest absolute Gasteiger partial charge is 0.341 e. The van der Waals surface area contributed by atoms with E-state index in [1.807, 2.05) is 18.2 Å². The summed E-state index contributed by atoms with van der Waals surface area (Å²) >= 11 is 0. The highest BCUT2D eigenvalue weighted by Gasteiger charge is 2.09. The molecule has 0 spiro atoms. The number of hydroxylamine groups is 1. The summed E-state index contributed by atoms with van der Waals surface area (Å²) in [6.45, 7) is 3.01. The van der Waals surface area contributed by atoms with Crippen molar-refractivity contribution in [3.05, 3.63) is 89.5 Å². The van der Waals surface area contributed by atoms with E-state index in [9.17, 15) is 9.59 Å². The second-order valence-electron chi connectivity index (χ2n) is 7.17. The van der Waals surface area contributed by atoms with Gasteiger partial charge in [0.1, 0.15) is 0 Å². The minimum Gasteiger partial charge on any atom is -0.341 e. The molecule has 160 valence electrons. The molecule has 0 aliphatic rings. The van der Waals surface area contributed by atoms with Crippen molar-refractivity contribution in [2.75, 3.05) is 0 Å². The van der Waals surface area contributed by atoms with Gasteiger partial charge in [-0.05, 0) is 54.5 Å². The Kier molecular flexibility index (Phi) is 6.10. The van der Waals surface area contributed by atoms with Gasteiger partial charge in [-0.2, -0.15) is 5.10 Å². The van der Waals surface area contributed by atoms with Gasteiger partial charge in [-0.15, -0.1) is 0 Å². The molecular formula is C25H22N4O3. The number of para-hydroxylation sites is 1. The molecule has 3 N–H and O–H groups in total. The average Bonchev–Trinajstić information content (AvgIpc) is 3.15. The van der Waals surface area contributed by atoms with Crippen molar-refractivity contribution in [2.24, 2.45) is 5.10 Å². The Bertz CT molecular complexity index is 1370. The number of hydrogen-bond acceptors (Lipinski definition) is 4. The summed E-state index contributed by atoms with van der Waals surface area (Å²) in [6, 6.07) is 21.1. The van der Waals surface area contributed by atoms with E-state index in [1.165, 1.54) is 28.5 Å². The lowest BCUT2D eigenvalue weighted by Gasteiger charge is -2.03. The van der Waals surface area contributed by atoms with Gasteiger partial charge in [0.05, 0.1) is 6.21 Å². The van der Waals surface area contributed by atoms with E-state index in [2.05, 4.69) is 46.3 Å². The molecule has 0 unspecified atom stereocenters. The summed E-state index contributed by atoms with van der Waals surface area (Å²) in [5.74, 6) is -1.02. The van der Waals surface area contributed by atoms with Crippen LogP contribution >= 0.6 is 0 Å². The van der Waals surface area contributed by atoms with E-state index in [-0.39, 0.29) is 5.91 Å². The van der Waals surface area contributed by atoms with Crippen LogP contribution in [-0.2, 0) is 11.3 Å². The third kappa shape index (κ3) is 4.28. The minimum absolute atomic E-state index is 0.369. The lowest BCUT2D eigenvalue weighted by Crippen LogP contribution is -2.17. The highest BCUT2D eigenvalue weighted by molar-refractivity contribution is 6.09. The van der Waals surface area contributed by atoms with E-state index in [1.54, 1.807) is 30.5 Å². The zero-order valence-corrected chi connectivity index (χ0v) is 17.4. The Labute approximate surface area is 184 Å². The first kappa shape index (κ1) is 21.0. The van der Waals surface area contributed by atoms with Crippen LogP contribution in [-0.4, -0.2) is 27.8 Å². The van der Waals surface area contributed by atoms with Crippen LogP contribution in [0, 0.1) is 0 Å². The molecule has 0 saturated heterocycles. The van der Waals surface area contributed by atoms with Crippen molar-refractivity contribution in [3.63, 3.8) is 0 Å². The standard InChI is InChI=1S/C25H22N4O3/c1-2-29-22-9-4-3-8-20(22)21-15-18(10-12-23(21)29)16-26-27-25(31)19-7-5-6-17(14-19)11-13-24(30)28-32/h3-16,32H,2H2,1H3,(H,27,31)(H,28,30)/b13-11+,26-16-. The van der Waals surface area contributed by atoms with Gasteiger partial charge in [0.2, 0.25) is 0 Å². The van der Waals surface area contributed by atoms with E-state index >= 15 is 0 Å². The molecule has 3 aromatic carbocycles. The lowest BCUT2D eigenvalue weighted by atomic mass is 10.1. The van der Waals surface area contributed by atoms with E-state index < -0.39 is 5.91 Å². The number of carbonyl (C=O) groups is 2. The molecule has 32 heavy (non-hydrogen) atoms. The summed E-state index contributed by atoms with van der Waals surface area (Å²) in [5.41, 5.74) is 8.32. The van der Waals surface area contributed by atoms with Crippen LogP contribution in [0.5, 0.6) is 0 Å². The van der Waals surface area contributed by atoms with Crippen molar-refractivity contribution < 1.29 is 14.8 Å². The van der Waals surface area contributed by atoms with E-state index in [4.69, 9.17) is 5.21 Å². The Morgan fingerprint density at radius 1 is 0.969 bits per heavy atom. The Morgan fingerprint density at radius 2 is 1.78 bits per heavy atom. The van der Waals surface area contributed by atoms with Gasteiger partial charge in [-0.1, -0.05) is 36.4 Å². The van der Waals surface area contributed by atoms with Crippen LogP contribution in [0.2, 0.25) is 0 Å². The molecule has 0 aliphatic carbocycles. The maximum atomic E-state index is 12.4. The second-order valence-corrected chi connectivity index (χ2v) is 7.17. The van der Waals surface area contributed by atoms with Gasteiger partial charge in [0, 0.05) is 40.0 Å². The number of aromatic nitrogens is 1. The number of fused-ring (bicyclic) bond motifs is 3. The van der Waals surface area contributed by atoms with E-state index in [0.29, 0.717) is 11.1 Å². The number of nitrogens with zero attached hydrogens (tertiary/aromatic N) is 2. The Morgan fingerprint density at radius 3 is 2.59 bits per heavy atom. The third-order valence-electron chi connectivity index (χ3n) is 5.18. The van der Waals surface area contributed by atoms with Crippen LogP contribution in [0.3, 0.4) is 0 Å². The Hall–Kier alpha value is -4.23. The summed E-state index contributed by atoms with van der Waals surface area (Å²) < 4.78 is 2.28. The molecule has 0 saturated carbocycles. The summed E-state index contributed by atoms with van der Waals surface area (Å²) in [6.07, 6.45) is 4.28. The second kappa shape index (κ2) is 9.28. The van der Waals surface area contributed by atoms with Gasteiger partial charge in [0.15, 0.2) is 0 Å². The number of hydrazone groups is 1. The van der Waals surface area contributed by atoms with Crippen LogP contribution in [0.25, 0.3) is 27.9 Å². The quantitative estimate of drug-likeness (QED) is 0.187. The van der Waals surface area contributed by atoms with Crippen LogP contribution in [0.15, 0.2) is 77.9 Å². The number of rotatable bonds is 6. The van der Waals surface area contributed by atoms with Crippen LogP contribution in [0.4, 0.5) is 0 Å². The molecule has 7 heteroatoms. The molecule has 0 bridgehead atoms. The van der Waals surface area contributed by atoms with Crippen molar-refractivity contribution in [1.29, 1.82) is 0 Å². The van der Waals surface area contributed by atoms with Crippen LogP contribution in [0.1, 0.15) is 28.4 Å². The van der Waals surface area contributed by atoms with Crippen LogP contribution < -0.4 is 10.9 Å². The molecule has 0 radical (unpaired) electrons.